The van der Waals surface area contributed by atoms with Crippen LogP contribution in [0.15, 0.2) is 18.2 Å². The molecule has 0 spiro atoms. The average molecular weight is 307 g/mol. The molecule has 0 aliphatic heterocycles. The number of benzene rings is 1. The SMILES string of the molecule is Cl.NC[C@H]1CCC[C@H]1C(=O)Nc1ccc(F)c(Cl)c1. The van der Waals surface area contributed by atoms with Gasteiger partial charge in [0.1, 0.15) is 5.82 Å². The number of hydrogen-bond donors (Lipinski definition) is 2. The fourth-order valence-electron chi connectivity index (χ4n) is 2.47. The number of nitrogens with two attached hydrogens (primary N) is 1. The zero-order valence-electron chi connectivity index (χ0n) is 10.4. The van der Waals surface area contributed by atoms with E-state index in [1.807, 2.05) is 0 Å². The molecule has 2 atom stereocenters. The van der Waals surface area contributed by atoms with E-state index >= 15 is 0 Å². The van der Waals surface area contributed by atoms with E-state index in [-0.39, 0.29) is 35.2 Å². The summed E-state index contributed by atoms with van der Waals surface area (Å²) in [5.41, 5.74) is 6.17. The Morgan fingerprint density at radius 3 is 2.84 bits per heavy atom. The summed E-state index contributed by atoms with van der Waals surface area (Å²) in [6.45, 7) is 0.530. The molecule has 0 aromatic heterocycles. The van der Waals surface area contributed by atoms with E-state index < -0.39 is 5.82 Å². The summed E-state index contributed by atoms with van der Waals surface area (Å²) in [5.74, 6) is -0.333. The Labute approximate surface area is 123 Å². The first kappa shape index (κ1) is 16.2. The number of rotatable bonds is 3. The fourth-order valence-corrected chi connectivity index (χ4v) is 2.65. The molecule has 0 saturated heterocycles. The van der Waals surface area contributed by atoms with Crippen molar-refractivity contribution in [3.05, 3.63) is 29.0 Å². The quantitative estimate of drug-likeness (QED) is 0.901. The summed E-state index contributed by atoms with van der Waals surface area (Å²) in [6, 6.07) is 4.17. The molecular formula is C13H17Cl2FN2O. The van der Waals surface area contributed by atoms with Crippen LogP contribution in [0.5, 0.6) is 0 Å². The predicted octanol–water partition coefficient (Wildman–Crippen LogP) is 3.21. The van der Waals surface area contributed by atoms with Crippen LogP contribution in [-0.4, -0.2) is 12.5 Å². The molecule has 1 aliphatic rings. The number of anilines is 1. The topological polar surface area (TPSA) is 55.1 Å². The van der Waals surface area contributed by atoms with Gasteiger partial charge in [-0.05, 0) is 43.5 Å². The maximum Gasteiger partial charge on any atom is 0.227 e. The Morgan fingerprint density at radius 1 is 1.47 bits per heavy atom. The second kappa shape index (κ2) is 7.08. The van der Waals surface area contributed by atoms with E-state index in [0.29, 0.717) is 12.2 Å². The molecular weight excluding hydrogens is 290 g/mol. The molecule has 1 saturated carbocycles. The molecule has 106 valence electrons. The third kappa shape index (κ3) is 3.81. The monoisotopic (exact) mass is 306 g/mol. The zero-order chi connectivity index (χ0) is 13.1. The highest BCUT2D eigenvalue weighted by Crippen LogP contribution is 2.32. The normalized spacial score (nSPS) is 21.8. The van der Waals surface area contributed by atoms with E-state index in [9.17, 15) is 9.18 Å². The maximum atomic E-state index is 13.0. The summed E-state index contributed by atoms with van der Waals surface area (Å²) < 4.78 is 13.0. The van der Waals surface area contributed by atoms with Crippen molar-refractivity contribution in [1.82, 2.24) is 0 Å². The van der Waals surface area contributed by atoms with Gasteiger partial charge in [0.2, 0.25) is 5.91 Å². The van der Waals surface area contributed by atoms with Gasteiger partial charge in [-0.2, -0.15) is 0 Å². The number of nitrogens with one attached hydrogen (secondary N) is 1. The van der Waals surface area contributed by atoms with Crippen LogP contribution in [-0.2, 0) is 4.79 Å². The Bertz CT molecular complexity index is 456. The lowest BCUT2D eigenvalue weighted by atomic mass is 9.95. The highest BCUT2D eigenvalue weighted by molar-refractivity contribution is 6.31. The van der Waals surface area contributed by atoms with Gasteiger partial charge in [-0.3, -0.25) is 4.79 Å². The lowest BCUT2D eigenvalue weighted by Crippen LogP contribution is -2.29. The van der Waals surface area contributed by atoms with Crippen LogP contribution < -0.4 is 11.1 Å². The van der Waals surface area contributed by atoms with Crippen molar-refractivity contribution in [2.24, 2.45) is 17.6 Å². The summed E-state index contributed by atoms with van der Waals surface area (Å²) in [5, 5.41) is 2.78. The third-order valence-electron chi connectivity index (χ3n) is 3.49. The van der Waals surface area contributed by atoms with Crippen molar-refractivity contribution < 1.29 is 9.18 Å². The van der Waals surface area contributed by atoms with Crippen molar-refractivity contribution in [3.63, 3.8) is 0 Å². The molecule has 3 nitrogen and oxygen atoms in total. The van der Waals surface area contributed by atoms with Crippen molar-refractivity contribution in [2.45, 2.75) is 19.3 Å². The summed E-state index contributed by atoms with van der Waals surface area (Å²) in [7, 11) is 0. The van der Waals surface area contributed by atoms with Crippen LogP contribution >= 0.6 is 24.0 Å². The first-order chi connectivity index (χ1) is 8.61. The molecule has 0 unspecified atom stereocenters. The lowest BCUT2D eigenvalue weighted by Gasteiger charge is -2.17. The van der Waals surface area contributed by atoms with Crippen LogP contribution in [0.4, 0.5) is 10.1 Å². The van der Waals surface area contributed by atoms with Gasteiger partial charge in [-0.15, -0.1) is 12.4 Å². The molecule has 19 heavy (non-hydrogen) atoms. The van der Waals surface area contributed by atoms with E-state index in [4.69, 9.17) is 17.3 Å². The highest BCUT2D eigenvalue weighted by atomic mass is 35.5. The van der Waals surface area contributed by atoms with E-state index in [0.717, 1.165) is 19.3 Å². The molecule has 1 aliphatic carbocycles. The first-order valence-electron chi connectivity index (χ1n) is 6.08. The Kier molecular flexibility index (Phi) is 6.04. The Balaban J connectivity index is 0.00000180. The van der Waals surface area contributed by atoms with E-state index in [1.54, 1.807) is 0 Å². The number of hydrogen-bond acceptors (Lipinski definition) is 2. The summed E-state index contributed by atoms with van der Waals surface area (Å²) in [4.78, 5) is 12.1. The summed E-state index contributed by atoms with van der Waals surface area (Å²) >= 11 is 5.67. The molecule has 1 aromatic rings. The lowest BCUT2D eigenvalue weighted by molar-refractivity contribution is -0.120. The number of carbonyl (C=O) groups excluding carboxylic acids is 1. The van der Waals surface area contributed by atoms with Crippen molar-refractivity contribution in [1.29, 1.82) is 0 Å². The van der Waals surface area contributed by atoms with Crippen LogP contribution in [0.1, 0.15) is 19.3 Å². The molecule has 1 aromatic carbocycles. The van der Waals surface area contributed by atoms with E-state index in [2.05, 4.69) is 5.32 Å². The molecule has 1 fully saturated rings. The van der Waals surface area contributed by atoms with Gasteiger partial charge in [0.25, 0.3) is 0 Å². The van der Waals surface area contributed by atoms with Crippen molar-refractivity contribution in [2.75, 3.05) is 11.9 Å². The van der Waals surface area contributed by atoms with Crippen LogP contribution in [0.3, 0.4) is 0 Å². The minimum atomic E-state index is -0.490. The number of halogens is 3. The average Bonchev–Trinajstić information content (AvgIpc) is 2.82. The van der Waals surface area contributed by atoms with E-state index in [1.165, 1.54) is 18.2 Å². The van der Waals surface area contributed by atoms with Gasteiger partial charge in [-0.1, -0.05) is 18.0 Å². The Hall–Kier alpha value is -0.840. The van der Waals surface area contributed by atoms with Crippen LogP contribution in [0, 0.1) is 17.7 Å². The standard InChI is InChI=1S/C13H16ClFN2O.ClH/c14-11-6-9(4-5-12(11)15)17-13(18)10-3-1-2-8(10)7-16;/h4-6,8,10H,1-3,7,16H2,(H,17,18);1H/t8-,10-;/m1./s1. The summed E-state index contributed by atoms with van der Waals surface area (Å²) in [6.07, 6.45) is 2.89. The predicted molar refractivity (Wildman–Crippen MR) is 77.2 cm³/mol. The molecule has 6 heteroatoms. The first-order valence-corrected chi connectivity index (χ1v) is 6.45. The molecule has 0 bridgehead atoms. The molecule has 3 N–H and O–H groups in total. The highest BCUT2D eigenvalue weighted by Gasteiger charge is 2.31. The van der Waals surface area contributed by atoms with Crippen LogP contribution in [0.25, 0.3) is 0 Å². The Morgan fingerprint density at radius 2 is 2.21 bits per heavy atom. The molecule has 0 heterocycles. The number of carbonyl (C=O) groups is 1. The maximum absolute atomic E-state index is 13.0. The zero-order valence-corrected chi connectivity index (χ0v) is 11.9. The van der Waals surface area contributed by atoms with Gasteiger partial charge < -0.3 is 11.1 Å². The van der Waals surface area contributed by atoms with Crippen LogP contribution in [0.2, 0.25) is 5.02 Å². The molecule has 2 rings (SSSR count). The molecule has 1 amide bonds. The largest absolute Gasteiger partial charge is 0.330 e. The van der Waals surface area contributed by atoms with Gasteiger partial charge in [0.15, 0.2) is 0 Å². The van der Waals surface area contributed by atoms with Crippen molar-refractivity contribution >= 4 is 35.6 Å². The van der Waals surface area contributed by atoms with Gasteiger partial charge in [0, 0.05) is 11.6 Å². The molecule has 0 radical (unpaired) electrons. The smallest absolute Gasteiger partial charge is 0.227 e. The fraction of sp³-hybridized carbons (Fsp3) is 0.462. The minimum Gasteiger partial charge on any atom is -0.330 e. The third-order valence-corrected chi connectivity index (χ3v) is 3.78. The second-order valence-electron chi connectivity index (χ2n) is 4.65. The van der Waals surface area contributed by atoms with Gasteiger partial charge in [0.05, 0.1) is 5.02 Å². The van der Waals surface area contributed by atoms with Gasteiger partial charge >= 0.3 is 0 Å². The van der Waals surface area contributed by atoms with Crippen molar-refractivity contribution in [3.8, 4) is 0 Å². The second-order valence-corrected chi connectivity index (χ2v) is 5.06. The number of amides is 1. The van der Waals surface area contributed by atoms with Gasteiger partial charge in [-0.25, -0.2) is 4.39 Å². The minimum absolute atomic E-state index is 0.